The maximum Gasteiger partial charge on any atom is 0.123 e. The van der Waals surface area contributed by atoms with Crippen LogP contribution in [0.15, 0.2) is 18.2 Å². The van der Waals surface area contributed by atoms with Gasteiger partial charge in [0.05, 0.1) is 11.6 Å². The van der Waals surface area contributed by atoms with Crippen molar-refractivity contribution in [1.29, 1.82) is 5.26 Å². The first kappa shape index (κ1) is 12.6. The molecule has 0 amide bonds. The summed E-state index contributed by atoms with van der Waals surface area (Å²) >= 11 is 0. The van der Waals surface area contributed by atoms with Crippen LogP contribution < -0.4 is 0 Å². The highest BCUT2D eigenvalue weighted by atomic mass is 19.1. The van der Waals surface area contributed by atoms with E-state index in [4.69, 9.17) is 5.26 Å². The van der Waals surface area contributed by atoms with E-state index in [2.05, 4.69) is 11.0 Å². The molecular formula is C16H19FN2. The zero-order valence-electron chi connectivity index (χ0n) is 11.1. The Kier molecular flexibility index (Phi) is 3.52. The third-order valence-electron chi connectivity index (χ3n) is 4.67. The number of hydrogen-bond donors (Lipinski definition) is 0. The molecule has 1 aromatic rings. The number of rotatable bonds is 2. The number of benzene rings is 1. The van der Waals surface area contributed by atoms with Gasteiger partial charge in [-0.3, -0.25) is 4.90 Å². The highest BCUT2D eigenvalue weighted by Gasteiger charge is 2.34. The fourth-order valence-electron chi connectivity index (χ4n) is 3.77. The summed E-state index contributed by atoms with van der Waals surface area (Å²) in [4.78, 5) is 2.47. The molecule has 0 N–H and O–H groups in total. The Balaban J connectivity index is 1.81. The third-order valence-corrected chi connectivity index (χ3v) is 4.67. The van der Waals surface area contributed by atoms with E-state index in [1.807, 2.05) is 0 Å². The minimum absolute atomic E-state index is 0.242. The summed E-state index contributed by atoms with van der Waals surface area (Å²) in [5.41, 5.74) is 1.46. The molecule has 100 valence electrons. The number of nitriles is 1. The Bertz CT molecular complexity index is 506. The van der Waals surface area contributed by atoms with E-state index in [0.717, 1.165) is 24.6 Å². The predicted octanol–water partition coefficient (Wildman–Crippen LogP) is 3.46. The van der Waals surface area contributed by atoms with Gasteiger partial charge in [0, 0.05) is 12.6 Å². The van der Waals surface area contributed by atoms with E-state index in [9.17, 15) is 4.39 Å². The molecule has 1 saturated heterocycles. The number of nitrogens with zero attached hydrogens (tertiary/aromatic N) is 2. The van der Waals surface area contributed by atoms with Crippen molar-refractivity contribution in [3.63, 3.8) is 0 Å². The van der Waals surface area contributed by atoms with Crippen molar-refractivity contribution in [3.8, 4) is 6.07 Å². The molecule has 0 radical (unpaired) electrons. The lowest BCUT2D eigenvalue weighted by molar-refractivity contribution is 0.105. The van der Waals surface area contributed by atoms with Gasteiger partial charge in [0.1, 0.15) is 5.82 Å². The number of fused-ring (bicyclic) bond motifs is 1. The van der Waals surface area contributed by atoms with Crippen molar-refractivity contribution in [2.24, 2.45) is 5.92 Å². The van der Waals surface area contributed by atoms with E-state index in [1.54, 1.807) is 6.07 Å². The van der Waals surface area contributed by atoms with Gasteiger partial charge >= 0.3 is 0 Å². The lowest BCUT2D eigenvalue weighted by Gasteiger charge is -2.38. The first-order valence-electron chi connectivity index (χ1n) is 7.20. The smallest absolute Gasteiger partial charge is 0.123 e. The summed E-state index contributed by atoms with van der Waals surface area (Å²) in [7, 11) is 0. The Labute approximate surface area is 113 Å². The number of piperidine rings is 1. The van der Waals surface area contributed by atoms with Gasteiger partial charge in [-0.15, -0.1) is 0 Å². The van der Waals surface area contributed by atoms with E-state index in [0.29, 0.717) is 11.6 Å². The highest BCUT2D eigenvalue weighted by molar-refractivity contribution is 5.37. The zero-order valence-corrected chi connectivity index (χ0v) is 11.1. The Hall–Kier alpha value is -1.40. The van der Waals surface area contributed by atoms with E-state index >= 15 is 0 Å². The number of halogens is 1. The van der Waals surface area contributed by atoms with Crippen LogP contribution in [0.2, 0.25) is 0 Å². The van der Waals surface area contributed by atoms with Gasteiger partial charge in [-0.25, -0.2) is 4.39 Å². The molecule has 2 fully saturated rings. The minimum atomic E-state index is -0.242. The summed E-state index contributed by atoms with van der Waals surface area (Å²) < 4.78 is 13.4. The first-order valence-corrected chi connectivity index (χ1v) is 7.20. The molecule has 1 aromatic carbocycles. The van der Waals surface area contributed by atoms with Crippen molar-refractivity contribution in [1.82, 2.24) is 4.90 Å². The van der Waals surface area contributed by atoms with E-state index < -0.39 is 0 Å². The van der Waals surface area contributed by atoms with Gasteiger partial charge in [0.2, 0.25) is 0 Å². The molecular weight excluding hydrogens is 239 g/mol. The molecule has 1 aliphatic heterocycles. The summed E-state index contributed by atoms with van der Waals surface area (Å²) in [5, 5.41) is 9.14. The fourth-order valence-corrected chi connectivity index (χ4v) is 3.77. The second-order valence-electron chi connectivity index (χ2n) is 5.78. The second-order valence-corrected chi connectivity index (χ2v) is 5.78. The second kappa shape index (κ2) is 5.30. The van der Waals surface area contributed by atoms with Gasteiger partial charge < -0.3 is 0 Å². The zero-order chi connectivity index (χ0) is 13.2. The molecule has 0 spiro atoms. The standard InChI is InChI=1S/C16H19FN2/c17-15-7-6-13(10-18)14(9-15)11-19-8-2-4-12-3-1-5-16(12)19/h6-7,9,12,16H,1-5,8,11H2. The quantitative estimate of drug-likeness (QED) is 0.812. The average molecular weight is 258 g/mol. The first-order chi connectivity index (χ1) is 9.28. The summed E-state index contributed by atoms with van der Waals surface area (Å²) in [6, 6.07) is 7.33. The number of hydrogen-bond acceptors (Lipinski definition) is 2. The molecule has 1 heterocycles. The maximum atomic E-state index is 13.4. The normalized spacial score (nSPS) is 26.9. The monoisotopic (exact) mass is 258 g/mol. The van der Waals surface area contributed by atoms with Crippen LogP contribution in [0.25, 0.3) is 0 Å². The van der Waals surface area contributed by atoms with Gasteiger partial charge in [-0.05, 0) is 61.9 Å². The van der Waals surface area contributed by atoms with Crippen LogP contribution in [0.1, 0.15) is 43.2 Å². The summed E-state index contributed by atoms with van der Waals surface area (Å²) in [6.45, 7) is 1.81. The van der Waals surface area contributed by atoms with Gasteiger partial charge in [-0.2, -0.15) is 5.26 Å². The molecule has 19 heavy (non-hydrogen) atoms. The molecule has 2 nitrogen and oxygen atoms in total. The molecule has 2 aliphatic rings. The Morgan fingerprint density at radius 2 is 2.11 bits per heavy atom. The van der Waals surface area contributed by atoms with E-state index in [1.165, 1.54) is 44.2 Å². The minimum Gasteiger partial charge on any atom is -0.296 e. The topological polar surface area (TPSA) is 27.0 Å². The van der Waals surface area contributed by atoms with Crippen LogP contribution in [0, 0.1) is 23.1 Å². The van der Waals surface area contributed by atoms with Gasteiger partial charge in [-0.1, -0.05) is 6.42 Å². The maximum absolute atomic E-state index is 13.4. The number of likely N-dealkylation sites (tertiary alicyclic amines) is 1. The van der Waals surface area contributed by atoms with Gasteiger partial charge in [0.25, 0.3) is 0 Å². The van der Waals surface area contributed by atoms with Crippen LogP contribution in [0.3, 0.4) is 0 Å². The molecule has 0 bridgehead atoms. The fraction of sp³-hybridized carbons (Fsp3) is 0.562. The van der Waals surface area contributed by atoms with Crippen molar-refractivity contribution in [2.45, 2.75) is 44.7 Å². The summed E-state index contributed by atoms with van der Waals surface area (Å²) in [5.74, 6) is 0.585. The summed E-state index contributed by atoms with van der Waals surface area (Å²) in [6.07, 6.45) is 6.51. The van der Waals surface area contributed by atoms with Gasteiger partial charge in [0.15, 0.2) is 0 Å². The largest absolute Gasteiger partial charge is 0.296 e. The van der Waals surface area contributed by atoms with Crippen LogP contribution in [-0.4, -0.2) is 17.5 Å². The lowest BCUT2D eigenvalue weighted by atomic mass is 9.91. The van der Waals surface area contributed by atoms with E-state index in [-0.39, 0.29) is 5.82 Å². The van der Waals surface area contributed by atoms with Crippen LogP contribution >= 0.6 is 0 Å². The van der Waals surface area contributed by atoms with Crippen LogP contribution in [-0.2, 0) is 6.54 Å². The van der Waals surface area contributed by atoms with Crippen LogP contribution in [0.4, 0.5) is 4.39 Å². The molecule has 0 aromatic heterocycles. The lowest BCUT2D eigenvalue weighted by Crippen LogP contribution is -2.42. The SMILES string of the molecule is N#Cc1ccc(F)cc1CN1CCCC2CCCC21. The highest BCUT2D eigenvalue weighted by Crippen LogP contribution is 2.37. The van der Waals surface area contributed by atoms with Crippen molar-refractivity contribution >= 4 is 0 Å². The third kappa shape index (κ3) is 2.50. The van der Waals surface area contributed by atoms with Crippen molar-refractivity contribution in [3.05, 3.63) is 35.1 Å². The van der Waals surface area contributed by atoms with Crippen LogP contribution in [0.5, 0.6) is 0 Å². The molecule has 3 rings (SSSR count). The Morgan fingerprint density at radius 1 is 1.26 bits per heavy atom. The molecule has 3 heteroatoms. The molecule has 2 unspecified atom stereocenters. The Morgan fingerprint density at radius 3 is 2.95 bits per heavy atom. The molecule has 1 saturated carbocycles. The van der Waals surface area contributed by atoms with Crippen molar-refractivity contribution in [2.75, 3.05) is 6.54 Å². The average Bonchev–Trinajstić information content (AvgIpc) is 2.88. The molecule has 1 aliphatic carbocycles. The predicted molar refractivity (Wildman–Crippen MR) is 71.9 cm³/mol. The van der Waals surface area contributed by atoms with Crippen molar-refractivity contribution < 1.29 is 4.39 Å². The molecule has 2 atom stereocenters.